The number of ether oxygens (including phenoxy) is 1. The second-order valence-electron chi connectivity index (χ2n) is 10.7. The predicted molar refractivity (Wildman–Crippen MR) is 162 cm³/mol. The largest absolute Gasteiger partial charge is 0.495 e. The van der Waals surface area contributed by atoms with Crippen LogP contribution in [0.1, 0.15) is 45.2 Å². The van der Waals surface area contributed by atoms with Crippen LogP contribution >= 0.6 is 11.6 Å². The first-order valence-corrected chi connectivity index (χ1v) is 15.2. The van der Waals surface area contributed by atoms with Gasteiger partial charge in [0, 0.05) is 26.2 Å². The zero-order valence-electron chi connectivity index (χ0n) is 23.4. The fraction of sp³-hybridized carbons (Fsp3) is 0.379. The van der Waals surface area contributed by atoms with E-state index in [0.29, 0.717) is 38.8 Å². The molecule has 11 heteroatoms. The van der Waals surface area contributed by atoms with Gasteiger partial charge in [-0.15, -0.1) is 0 Å². The second-order valence-corrected chi connectivity index (χ2v) is 13.9. The summed E-state index contributed by atoms with van der Waals surface area (Å²) in [6.45, 7) is 7.36. The van der Waals surface area contributed by atoms with Gasteiger partial charge < -0.3 is 25.8 Å². The van der Waals surface area contributed by atoms with Crippen LogP contribution in [0.4, 0.5) is 23.1 Å². The number of amides is 1. The highest BCUT2D eigenvalue weighted by molar-refractivity contribution is 8.01. The lowest BCUT2D eigenvalue weighted by Crippen LogP contribution is -2.50. The molecule has 3 aromatic rings. The zero-order chi connectivity index (χ0) is 29.2. The Morgan fingerprint density at radius 1 is 1.25 bits per heavy atom. The first kappa shape index (κ1) is 29.6. The summed E-state index contributed by atoms with van der Waals surface area (Å²) >= 11 is 6.45. The maximum atomic E-state index is 13.3. The number of aliphatic hydroxyl groups is 1. The van der Waals surface area contributed by atoms with Gasteiger partial charge in [0.15, 0.2) is 5.82 Å². The molecule has 1 heterocycles. The molecule has 0 fully saturated rings. The third kappa shape index (κ3) is 5.89. The monoisotopic (exact) mass is 585 g/mol. The predicted octanol–water partition coefficient (Wildman–Crippen LogP) is 4.81. The lowest BCUT2D eigenvalue weighted by molar-refractivity contribution is -0.125. The number of hydrogen-bond acceptors (Lipinski definition) is 8. The quantitative estimate of drug-likeness (QED) is 0.264. The smallest absolute Gasteiger partial charge is 0.245 e. The van der Waals surface area contributed by atoms with Crippen LogP contribution in [0, 0.1) is 0 Å². The number of para-hydroxylation sites is 1. The molecule has 40 heavy (non-hydrogen) atoms. The molecule has 2 atom stereocenters. The molecule has 0 bridgehead atoms. The Labute approximate surface area is 240 Å². The third-order valence-corrected chi connectivity index (χ3v) is 10.3. The summed E-state index contributed by atoms with van der Waals surface area (Å²) in [5.41, 5.74) is 3.09. The molecule has 1 aliphatic carbocycles. The zero-order valence-corrected chi connectivity index (χ0v) is 24.9. The molecule has 4 rings (SSSR count). The van der Waals surface area contributed by atoms with Crippen molar-refractivity contribution in [2.75, 3.05) is 24.4 Å². The van der Waals surface area contributed by atoms with Gasteiger partial charge in [-0.05, 0) is 54.1 Å². The molecule has 4 N–H and O–H groups in total. The number of hydrogen-bond donors (Lipinski definition) is 4. The Hall–Kier alpha value is -3.34. The second kappa shape index (κ2) is 11.6. The number of aryl methyl sites for hydroxylation is 1. The van der Waals surface area contributed by atoms with E-state index in [4.69, 9.17) is 16.3 Å². The van der Waals surface area contributed by atoms with Crippen molar-refractivity contribution in [3.8, 4) is 5.75 Å². The molecule has 2 unspecified atom stereocenters. The van der Waals surface area contributed by atoms with E-state index >= 15 is 0 Å². The van der Waals surface area contributed by atoms with Crippen LogP contribution in [0.25, 0.3) is 0 Å². The number of benzene rings is 2. The summed E-state index contributed by atoms with van der Waals surface area (Å²) in [5.74, 6) is 4.84. The fourth-order valence-electron chi connectivity index (χ4n) is 4.93. The van der Waals surface area contributed by atoms with E-state index in [1.54, 1.807) is 13.2 Å². The molecule has 0 radical (unpaired) electrons. The molecule has 0 saturated heterocycles. The highest BCUT2D eigenvalue weighted by atomic mass is 35.5. The van der Waals surface area contributed by atoms with Crippen molar-refractivity contribution in [3.63, 3.8) is 0 Å². The SMILES string of the molecule is C=S(=O)(c1ccccc1Nc1nc(Nc2cc3c(cc2OC)C(C)(C)C(NC(=O)CO)CC3)ncc1Cl)C(C)C. The van der Waals surface area contributed by atoms with E-state index in [2.05, 4.69) is 45.6 Å². The number of nitrogens with one attached hydrogen (secondary N) is 3. The van der Waals surface area contributed by atoms with Crippen LogP contribution in [0.3, 0.4) is 0 Å². The molecule has 0 saturated carbocycles. The van der Waals surface area contributed by atoms with Gasteiger partial charge in [0.25, 0.3) is 0 Å². The molecule has 0 spiro atoms. The Morgan fingerprint density at radius 2 is 1.98 bits per heavy atom. The Morgan fingerprint density at radius 3 is 2.65 bits per heavy atom. The van der Waals surface area contributed by atoms with Crippen molar-refractivity contribution in [1.82, 2.24) is 15.3 Å². The van der Waals surface area contributed by atoms with Crippen molar-refractivity contribution in [2.45, 2.75) is 62.1 Å². The van der Waals surface area contributed by atoms with Gasteiger partial charge in [-0.1, -0.05) is 51.4 Å². The molecular weight excluding hydrogens is 550 g/mol. The number of carbonyl (C=O) groups excluding carboxylic acids is 1. The van der Waals surface area contributed by atoms with Crippen LogP contribution in [-0.4, -0.2) is 56.1 Å². The third-order valence-electron chi connectivity index (χ3n) is 7.44. The van der Waals surface area contributed by atoms with E-state index in [9.17, 15) is 14.1 Å². The topological polar surface area (TPSA) is 125 Å². The van der Waals surface area contributed by atoms with E-state index in [1.165, 1.54) is 6.20 Å². The normalized spacial score (nSPS) is 17.4. The molecule has 1 aliphatic rings. The average molecular weight is 586 g/mol. The first-order valence-electron chi connectivity index (χ1n) is 13.0. The number of aliphatic hydroxyl groups excluding tert-OH is 1. The lowest BCUT2D eigenvalue weighted by Gasteiger charge is -2.41. The van der Waals surface area contributed by atoms with Crippen LogP contribution in [-0.2, 0) is 26.2 Å². The number of rotatable bonds is 9. The van der Waals surface area contributed by atoms with Crippen molar-refractivity contribution in [2.24, 2.45) is 0 Å². The van der Waals surface area contributed by atoms with E-state index in [0.717, 1.165) is 24.0 Å². The number of fused-ring (bicyclic) bond motifs is 1. The van der Waals surface area contributed by atoms with Gasteiger partial charge in [0.1, 0.15) is 17.4 Å². The Balaban J connectivity index is 1.65. The van der Waals surface area contributed by atoms with Gasteiger partial charge in [-0.25, -0.2) is 4.98 Å². The number of anilines is 4. The molecule has 1 amide bonds. The van der Waals surface area contributed by atoms with Gasteiger partial charge in [0.2, 0.25) is 11.9 Å². The van der Waals surface area contributed by atoms with Crippen molar-refractivity contribution in [3.05, 3.63) is 58.7 Å². The number of halogens is 1. The molecule has 2 aromatic carbocycles. The fourth-order valence-corrected chi connectivity index (χ4v) is 6.37. The summed E-state index contributed by atoms with van der Waals surface area (Å²) < 4.78 is 19.1. The first-order chi connectivity index (χ1) is 18.9. The Kier molecular flexibility index (Phi) is 8.63. The van der Waals surface area contributed by atoms with Gasteiger partial charge >= 0.3 is 0 Å². The number of nitrogens with zero attached hydrogens (tertiary/aromatic N) is 2. The van der Waals surface area contributed by atoms with Crippen molar-refractivity contribution < 1.29 is 18.8 Å². The molecule has 9 nitrogen and oxygen atoms in total. The van der Waals surface area contributed by atoms with Gasteiger partial charge in [-0.2, -0.15) is 4.98 Å². The minimum atomic E-state index is -2.56. The molecule has 0 aliphatic heterocycles. The summed E-state index contributed by atoms with van der Waals surface area (Å²) in [6.07, 6.45) is 2.96. The van der Waals surface area contributed by atoms with E-state index < -0.39 is 16.1 Å². The van der Waals surface area contributed by atoms with Crippen LogP contribution in [0.15, 0.2) is 47.5 Å². The molecule has 1 aromatic heterocycles. The molecule has 214 valence electrons. The van der Waals surface area contributed by atoms with Crippen LogP contribution in [0.5, 0.6) is 5.75 Å². The number of aromatic nitrogens is 2. The summed E-state index contributed by atoms with van der Waals surface area (Å²) in [5, 5.41) is 18.7. The lowest BCUT2D eigenvalue weighted by atomic mass is 9.69. The Bertz CT molecular complexity index is 1520. The number of carbonyl (C=O) groups is 1. The summed E-state index contributed by atoms with van der Waals surface area (Å²) in [7, 11) is -0.967. The maximum Gasteiger partial charge on any atom is 0.245 e. The van der Waals surface area contributed by atoms with Crippen LogP contribution < -0.4 is 20.7 Å². The van der Waals surface area contributed by atoms with Crippen molar-refractivity contribution >= 4 is 56.0 Å². The minimum Gasteiger partial charge on any atom is -0.495 e. The highest BCUT2D eigenvalue weighted by Crippen LogP contribution is 2.42. The molecular formula is C29H36ClN5O4S. The summed E-state index contributed by atoms with van der Waals surface area (Å²) in [6, 6.07) is 11.1. The van der Waals surface area contributed by atoms with E-state index in [-0.39, 0.29) is 22.6 Å². The summed E-state index contributed by atoms with van der Waals surface area (Å²) in [4.78, 5) is 21.4. The van der Waals surface area contributed by atoms with Gasteiger partial charge in [-0.3, -0.25) is 9.00 Å². The van der Waals surface area contributed by atoms with Gasteiger partial charge in [0.05, 0.1) is 29.6 Å². The maximum absolute atomic E-state index is 13.3. The van der Waals surface area contributed by atoms with Crippen LogP contribution in [0.2, 0.25) is 5.02 Å². The van der Waals surface area contributed by atoms with Crippen molar-refractivity contribution in [1.29, 1.82) is 0 Å². The standard InChI is InChI=1S/C29H36ClN5O4S/c1-17(2)40(6,38)24-10-8-7-9-21(24)32-27-20(30)15-31-28(35-27)33-22-13-18-11-12-25(34-26(37)16-36)29(3,4)19(18)14-23(22)39-5/h7-10,13-15,17,25,36H,6,11-12,16H2,1-5H3,(H,34,37)(H2,31,32,33,35). The minimum absolute atomic E-state index is 0.122. The average Bonchev–Trinajstić information content (AvgIpc) is 2.92. The van der Waals surface area contributed by atoms with E-state index in [1.807, 2.05) is 44.2 Å². The number of methoxy groups -OCH3 is 1. The highest BCUT2D eigenvalue weighted by Gasteiger charge is 2.38.